The van der Waals surface area contributed by atoms with E-state index in [1.165, 1.54) is 16.7 Å². The van der Waals surface area contributed by atoms with Crippen LogP contribution in [0.4, 0.5) is 0 Å². The Morgan fingerprint density at radius 3 is 2.87 bits per heavy atom. The molecular formula is C11H13ClO2S. The van der Waals surface area contributed by atoms with Crippen LogP contribution in [0.1, 0.15) is 29.0 Å². The summed E-state index contributed by atoms with van der Waals surface area (Å²) < 4.78 is 22.1. The summed E-state index contributed by atoms with van der Waals surface area (Å²) >= 11 is 0. The summed E-state index contributed by atoms with van der Waals surface area (Å²) in [5, 5.41) is 0. The third kappa shape index (κ3) is 2.52. The zero-order valence-corrected chi connectivity index (χ0v) is 10.1. The third-order valence-electron chi connectivity index (χ3n) is 2.90. The molecule has 0 saturated carbocycles. The van der Waals surface area contributed by atoms with Crippen LogP contribution in [-0.4, -0.2) is 14.2 Å². The zero-order valence-electron chi connectivity index (χ0n) is 8.53. The molecule has 1 aromatic rings. The van der Waals surface area contributed by atoms with Gasteiger partial charge >= 0.3 is 0 Å². The molecule has 0 aliphatic heterocycles. The van der Waals surface area contributed by atoms with E-state index < -0.39 is 9.05 Å². The number of fused-ring (bicyclic) bond motifs is 1. The molecule has 1 aliphatic carbocycles. The fourth-order valence-electron chi connectivity index (χ4n) is 2.22. The molecule has 0 spiro atoms. The molecule has 15 heavy (non-hydrogen) atoms. The van der Waals surface area contributed by atoms with E-state index in [9.17, 15) is 8.42 Å². The van der Waals surface area contributed by atoms with E-state index in [4.69, 9.17) is 10.7 Å². The highest BCUT2D eigenvalue weighted by molar-refractivity contribution is 8.13. The minimum Gasteiger partial charge on any atom is -0.212 e. The Labute approximate surface area is 94.7 Å². The van der Waals surface area contributed by atoms with Crippen LogP contribution in [0.2, 0.25) is 0 Å². The number of hydrogen-bond acceptors (Lipinski definition) is 2. The summed E-state index contributed by atoms with van der Waals surface area (Å²) in [6.07, 6.45) is 1.86. The topological polar surface area (TPSA) is 34.1 Å². The molecule has 1 unspecified atom stereocenters. The predicted molar refractivity (Wildman–Crippen MR) is 61.9 cm³/mol. The maximum absolute atomic E-state index is 11.0. The summed E-state index contributed by atoms with van der Waals surface area (Å²) in [5.74, 6) is 0.146. The lowest BCUT2D eigenvalue weighted by atomic mass is 10.0. The average molecular weight is 245 g/mol. The minimum absolute atomic E-state index is 0.0605. The van der Waals surface area contributed by atoms with Crippen LogP contribution in [0.25, 0.3) is 0 Å². The molecule has 0 bridgehead atoms. The Bertz CT molecular complexity index is 479. The first-order chi connectivity index (χ1) is 6.96. The highest BCUT2D eigenvalue weighted by atomic mass is 35.7. The summed E-state index contributed by atoms with van der Waals surface area (Å²) in [4.78, 5) is 0. The van der Waals surface area contributed by atoms with Crippen molar-refractivity contribution in [1.82, 2.24) is 0 Å². The van der Waals surface area contributed by atoms with Gasteiger partial charge in [0, 0.05) is 10.7 Å². The van der Waals surface area contributed by atoms with Crippen molar-refractivity contribution < 1.29 is 8.42 Å². The first-order valence-electron chi connectivity index (χ1n) is 4.97. The van der Waals surface area contributed by atoms with Gasteiger partial charge in [0.1, 0.15) is 0 Å². The van der Waals surface area contributed by atoms with Gasteiger partial charge in [0.2, 0.25) is 9.05 Å². The fourth-order valence-corrected chi connectivity index (χ4v) is 3.50. The molecule has 0 fully saturated rings. The Kier molecular flexibility index (Phi) is 2.77. The first kappa shape index (κ1) is 11.0. The summed E-state index contributed by atoms with van der Waals surface area (Å²) in [5.41, 5.74) is 3.61. The lowest BCUT2D eigenvalue weighted by Gasteiger charge is -2.09. The van der Waals surface area contributed by atoms with Crippen molar-refractivity contribution in [2.24, 2.45) is 0 Å². The van der Waals surface area contributed by atoms with Crippen molar-refractivity contribution in [3.8, 4) is 0 Å². The first-order valence-corrected chi connectivity index (χ1v) is 7.45. The SMILES string of the molecule is Cc1ccc2c(c1)C(CS(=O)(=O)Cl)CC2. The quantitative estimate of drug-likeness (QED) is 0.750. The molecule has 0 saturated heterocycles. The van der Waals surface area contributed by atoms with Gasteiger partial charge in [0.15, 0.2) is 0 Å². The van der Waals surface area contributed by atoms with Gasteiger partial charge in [-0.25, -0.2) is 8.42 Å². The predicted octanol–water partition coefficient (Wildman–Crippen LogP) is 2.59. The smallest absolute Gasteiger partial charge is 0.212 e. The standard InChI is InChI=1S/C11H13ClO2S/c1-8-2-3-9-4-5-10(11(9)6-8)7-15(12,13)14/h2-3,6,10H,4-5,7H2,1H3. The van der Waals surface area contributed by atoms with Gasteiger partial charge in [-0.1, -0.05) is 23.8 Å². The second-order valence-corrected chi connectivity index (χ2v) is 6.96. The van der Waals surface area contributed by atoms with Crippen molar-refractivity contribution in [1.29, 1.82) is 0 Å². The van der Waals surface area contributed by atoms with Crippen LogP contribution in [0.3, 0.4) is 0 Å². The third-order valence-corrected chi connectivity index (χ3v) is 4.08. The van der Waals surface area contributed by atoms with Gasteiger partial charge in [0.05, 0.1) is 5.75 Å². The van der Waals surface area contributed by atoms with Crippen molar-refractivity contribution in [3.05, 3.63) is 34.9 Å². The van der Waals surface area contributed by atoms with Gasteiger partial charge in [-0.05, 0) is 36.8 Å². The molecule has 1 aliphatic rings. The van der Waals surface area contributed by atoms with Crippen LogP contribution >= 0.6 is 10.7 Å². The second-order valence-electron chi connectivity index (χ2n) is 4.14. The Morgan fingerprint density at radius 1 is 1.47 bits per heavy atom. The molecule has 2 rings (SSSR count). The number of halogens is 1. The van der Waals surface area contributed by atoms with Gasteiger partial charge in [0.25, 0.3) is 0 Å². The average Bonchev–Trinajstić information content (AvgIpc) is 2.46. The fraction of sp³-hybridized carbons (Fsp3) is 0.455. The van der Waals surface area contributed by atoms with E-state index in [0.29, 0.717) is 0 Å². The van der Waals surface area contributed by atoms with E-state index in [-0.39, 0.29) is 11.7 Å². The van der Waals surface area contributed by atoms with Crippen molar-refractivity contribution >= 4 is 19.7 Å². The van der Waals surface area contributed by atoms with E-state index in [1.54, 1.807) is 0 Å². The van der Waals surface area contributed by atoms with Crippen molar-refractivity contribution in [2.75, 3.05) is 5.75 Å². The van der Waals surface area contributed by atoms with Crippen LogP contribution in [-0.2, 0) is 15.5 Å². The number of rotatable bonds is 2. The largest absolute Gasteiger partial charge is 0.233 e. The molecule has 0 amide bonds. The second kappa shape index (κ2) is 3.80. The molecule has 0 radical (unpaired) electrons. The van der Waals surface area contributed by atoms with Crippen molar-refractivity contribution in [2.45, 2.75) is 25.7 Å². The summed E-state index contributed by atoms with van der Waals surface area (Å²) in [6.45, 7) is 2.02. The van der Waals surface area contributed by atoms with Crippen LogP contribution in [0.15, 0.2) is 18.2 Å². The van der Waals surface area contributed by atoms with Gasteiger partial charge in [-0.15, -0.1) is 0 Å². The Balaban J connectivity index is 2.32. The molecule has 4 heteroatoms. The lowest BCUT2D eigenvalue weighted by Crippen LogP contribution is -2.07. The number of hydrogen-bond donors (Lipinski definition) is 0. The van der Waals surface area contributed by atoms with Crippen LogP contribution in [0.5, 0.6) is 0 Å². The highest BCUT2D eigenvalue weighted by Gasteiger charge is 2.26. The molecule has 0 aromatic heterocycles. The molecular weight excluding hydrogens is 232 g/mol. The maximum atomic E-state index is 11.0. The van der Waals surface area contributed by atoms with Crippen LogP contribution in [0, 0.1) is 6.92 Å². The maximum Gasteiger partial charge on any atom is 0.233 e. The monoisotopic (exact) mass is 244 g/mol. The molecule has 0 N–H and O–H groups in total. The van der Waals surface area contributed by atoms with E-state index >= 15 is 0 Å². The summed E-state index contributed by atoms with van der Waals surface area (Å²) in [6, 6.07) is 6.23. The van der Waals surface area contributed by atoms with E-state index in [0.717, 1.165) is 12.8 Å². The Morgan fingerprint density at radius 2 is 2.20 bits per heavy atom. The normalized spacial score (nSPS) is 20.3. The molecule has 2 nitrogen and oxygen atoms in total. The minimum atomic E-state index is -3.39. The Hall–Kier alpha value is -0.540. The molecule has 1 aromatic carbocycles. The molecule has 1 atom stereocenters. The highest BCUT2D eigenvalue weighted by Crippen LogP contribution is 2.35. The number of benzene rings is 1. The molecule has 0 heterocycles. The van der Waals surface area contributed by atoms with E-state index in [1.807, 2.05) is 6.92 Å². The van der Waals surface area contributed by atoms with Gasteiger partial charge in [-0.2, -0.15) is 0 Å². The van der Waals surface area contributed by atoms with Gasteiger partial charge < -0.3 is 0 Å². The lowest BCUT2D eigenvalue weighted by molar-refractivity contribution is 0.600. The van der Waals surface area contributed by atoms with E-state index in [2.05, 4.69) is 18.2 Å². The van der Waals surface area contributed by atoms with Crippen LogP contribution < -0.4 is 0 Å². The summed E-state index contributed by atoms with van der Waals surface area (Å²) in [7, 11) is 1.90. The zero-order chi connectivity index (χ0) is 11.1. The number of aryl methyl sites for hydroxylation is 2. The van der Waals surface area contributed by atoms with Crippen molar-refractivity contribution in [3.63, 3.8) is 0 Å². The van der Waals surface area contributed by atoms with Gasteiger partial charge in [-0.3, -0.25) is 0 Å². The molecule has 82 valence electrons.